The molecule has 1 N–H and O–H groups in total. The Morgan fingerprint density at radius 1 is 1.44 bits per heavy atom. The van der Waals surface area contributed by atoms with Crippen LogP contribution in [0.4, 0.5) is 0 Å². The van der Waals surface area contributed by atoms with Gasteiger partial charge in [-0.25, -0.2) is 0 Å². The van der Waals surface area contributed by atoms with E-state index in [9.17, 15) is 0 Å². The lowest BCUT2D eigenvalue weighted by molar-refractivity contribution is 0.752. The van der Waals surface area contributed by atoms with Crippen molar-refractivity contribution in [3.05, 3.63) is 35.8 Å². The highest BCUT2D eigenvalue weighted by Gasteiger charge is 2.21. The molecule has 0 aliphatic carbocycles. The van der Waals surface area contributed by atoms with E-state index in [2.05, 4.69) is 27.5 Å². The van der Waals surface area contributed by atoms with Crippen LogP contribution < -0.4 is 5.32 Å². The van der Waals surface area contributed by atoms with Gasteiger partial charge in [-0.3, -0.25) is 9.67 Å². The fourth-order valence-corrected chi connectivity index (χ4v) is 2.60. The molecule has 1 unspecified atom stereocenters. The summed E-state index contributed by atoms with van der Waals surface area (Å²) in [7, 11) is 1.95. The number of rotatable bonds is 2. The zero-order valence-corrected chi connectivity index (χ0v) is 10.8. The third-order valence-electron chi connectivity index (χ3n) is 3.56. The fourth-order valence-electron chi connectivity index (χ4n) is 2.60. The van der Waals surface area contributed by atoms with Crippen molar-refractivity contribution in [2.75, 3.05) is 13.1 Å². The molecular formula is C14H18N4. The number of aryl methyl sites for hydroxylation is 2. The molecule has 2 aromatic rings. The second-order valence-electron chi connectivity index (χ2n) is 4.98. The first-order valence-corrected chi connectivity index (χ1v) is 6.41. The second-order valence-corrected chi connectivity index (χ2v) is 4.98. The first-order chi connectivity index (χ1) is 8.74. The maximum Gasteiger partial charge on any atom is 0.0927 e. The Labute approximate surface area is 107 Å². The van der Waals surface area contributed by atoms with Gasteiger partial charge >= 0.3 is 0 Å². The molecule has 2 aromatic heterocycles. The normalized spacial score (nSPS) is 19.3. The van der Waals surface area contributed by atoms with Crippen LogP contribution in [0.5, 0.6) is 0 Å². The number of aromatic nitrogens is 3. The Bertz CT molecular complexity index is 553. The molecular weight excluding hydrogens is 224 g/mol. The summed E-state index contributed by atoms with van der Waals surface area (Å²) in [6.07, 6.45) is 5.20. The minimum Gasteiger partial charge on any atom is -0.316 e. The number of hydrogen-bond donors (Lipinski definition) is 1. The Morgan fingerprint density at radius 2 is 2.33 bits per heavy atom. The summed E-state index contributed by atoms with van der Waals surface area (Å²) in [6, 6.07) is 4.22. The average molecular weight is 242 g/mol. The monoisotopic (exact) mass is 242 g/mol. The molecule has 94 valence electrons. The van der Waals surface area contributed by atoms with Crippen LogP contribution in [-0.4, -0.2) is 27.9 Å². The van der Waals surface area contributed by atoms with E-state index in [0.29, 0.717) is 5.92 Å². The molecule has 4 heteroatoms. The van der Waals surface area contributed by atoms with Crippen LogP contribution in [0.25, 0.3) is 11.3 Å². The van der Waals surface area contributed by atoms with Crippen LogP contribution in [-0.2, 0) is 7.05 Å². The third kappa shape index (κ3) is 2.04. The zero-order chi connectivity index (χ0) is 12.5. The van der Waals surface area contributed by atoms with Crippen molar-refractivity contribution in [3.63, 3.8) is 0 Å². The van der Waals surface area contributed by atoms with Gasteiger partial charge in [0.05, 0.1) is 5.69 Å². The largest absolute Gasteiger partial charge is 0.316 e. The minimum atomic E-state index is 0.565. The maximum absolute atomic E-state index is 4.52. The van der Waals surface area contributed by atoms with Gasteiger partial charge in [-0.1, -0.05) is 0 Å². The molecule has 0 radical (unpaired) electrons. The third-order valence-corrected chi connectivity index (χ3v) is 3.56. The molecule has 1 aliphatic heterocycles. The minimum absolute atomic E-state index is 0.565. The number of hydrogen-bond acceptors (Lipinski definition) is 3. The van der Waals surface area contributed by atoms with Crippen molar-refractivity contribution in [2.24, 2.45) is 7.05 Å². The number of nitrogens with zero attached hydrogens (tertiary/aromatic N) is 3. The summed E-state index contributed by atoms with van der Waals surface area (Å²) in [5.74, 6) is 0.565. The topological polar surface area (TPSA) is 42.7 Å². The van der Waals surface area contributed by atoms with E-state index in [1.165, 1.54) is 17.5 Å². The lowest BCUT2D eigenvalue weighted by Crippen LogP contribution is -2.09. The summed E-state index contributed by atoms with van der Waals surface area (Å²) in [6.45, 7) is 4.17. The molecule has 3 rings (SSSR count). The van der Waals surface area contributed by atoms with E-state index >= 15 is 0 Å². The Morgan fingerprint density at radius 3 is 3.00 bits per heavy atom. The quantitative estimate of drug-likeness (QED) is 0.874. The van der Waals surface area contributed by atoms with Crippen LogP contribution in [0.2, 0.25) is 0 Å². The predicted molar refractivity (Wildman–Crippen MR) is 71.4 cm³/mol. The number of nitrogens with one attached hydrogen (secondary N) is 1. The number of pyridine rings is 1. The van der Waals surface area contributed by atoms with E-state index in [4.69, 9.17) is 0 Å². The Kier molecular flexibility index (Phi) is 2.88. The molecule has 1 aliphatic rings. The van der Waals surface area contributed by atoms with Crippen LogP contribution >= 0.6 is 0 Å². The van der Waals surface area contributed by atoms with Crippen LogP contribution in [0.15, 0.2) is 24.5 Å². The average Bonchev–Trinajstić information content (AvgIpc) is 2.99. The maximum atomic E-state index is 4.52. The zero-order valence-electron chi connectivity index (χ0n) is 10.8. The standard InChI is InChI=1S/C14H18N4/c1-10-7-12(14-4-6-18(2)17-14)13(9-16-10)11-3-5-15-8-11/h4,6-7,9,11,15H,3,5,8H2,1-2H3. The first-order valence-electron chi connectivity index (χ1n) is 6.41. The van der Waals surface area contributed by atoms with Gasteiger partial charge in [0.25, 0.3) is 0 Å². The molecule has 4 nitrogen and oxygen atoms in total. The fraction of sp³-hybridized carbons (Fsp3) is 0.429. The van der Waals surface area contributed by atoms with Crippen molar-refractivity contribution in [2.45, 2.75) is 19.3 Å². The summed E-state index contributed by atoms with van der Waals surface area (Å²) in [4.78, 5) is 4.45. The molecule has 0 bridgehead atoms. The highest BCUT2D eigenvalue weighted by Crippen LogP contribution is 2.31. The SMILES string of the molecule is Cc1cc(-c2ccn(C)n2)c(C2CCNC2)cn1. The molecule has 1 fully saturated rings. The van der Waals surface area contributed by atoms with Crippen molar-refractivity contribution in [3.8, 4) is 11.3 Å². The van der Waals surface area contributed by atoms with E-state index < -0.39 is 0 Å². The van der Waals surface area contributed by atoms with Gasteiger partial charge in [0.15, 0.2) is 0 Å². The predicted octanol–water partition coefficient (Wildman–Crippen LogP) is 1.87. The van der Waals surface area contributed by atoms with Gasteiger partial charge in [-0.2, -0.15) is 5.10 Å². The van der Waals surface area contributed by atoms with Crippen molar-refractivity contribution in [1.29, 1.82) is 0 Å². The van der Waals surface area contributed by atoms with E-state index in [0.717, 1.165) is 24.5 Å². The Balaban J connectivity index is 2.08. The van der Waals surface area contributed by atoms with Crippen LogP contribution in [0, 0.1) is 6.92 Å². The van der Waals surface area contributed by atoms with Gasteiger partial charge in [-0.05, 0) is 43.5 Å². The molecule has 3 heterocycles. The summed E-state index contributed by atoms with van der Waals surface area (Å²) in [5.41, 5.74) is 4.65. The molecule has 0 spiro atoms. The van der Waals surface area contributed by atoms with Crippen molar-refractivity contribution in [1.82, 2.24) is 20.1 Å². The highest BCUT2D eigenvalue weighted by atomic mass is 15.2. The van der Waals surface area contributed by atoms with E-state index in [-0.39, 0.29) is 0 Å². The lowest BCUT2D eigenvalue weighted by atomic mass is 9.93. The van der Waals surface area contributed by atoms with Gasteiger partial charge in [0.1, 0.15) is 0 Å². The van der Waals surface area contributed by atoms with E-state index in [1.807, 2.05) is 31.0 Å². The first kappa shape index (κ1) is 11.4. The summed E-state index contributed by atoms with van der Waals surface area (Å²) >= 11 is 0. The smallest absolute Gasteiger partial charge is 0.0927 e. The Hall–Kier alpha value is -1.68. The molecule has 0 saturated carbocycles. The summed E-state index contributed by atoms with van der Waals surface area (Å²) < 4.78 is 1.85. The highest BCUT2D eigenvalue weighted by molar-refractivity contribution is 5.64. The van der Waals surface area contributed by atoms with Gasteiger partial charge in [-0.15, -0.1) is 0 Å². The second kappa shape index (κ2) is 4.53. The van der Waals surface area contributed by atoms with Crippen LogP contribution in [0.1, 0.15) is 23.6 Å². The van der Waals surface area contributed by atoms with Gasteiger partial charge in [0.2, 0.25) is 0 Å². The van der Waals surface area contributed by atoms with Gasteiger partial charge < -0.3 is 5.32 Å². The molecule has 0 aromatic carbocycles. The molecule has 18 heavy (non-hydrogen) atoms. The molecule has 0 amide bonds. The lowest BCUT2D eigenvalue weighted by Gasteiger charge is -2.13. The van der Waals surface area contributed by atoms with E-state index in [1.54, 1.807) is 0 Å². The van der Waals surface area contributed by atoms with Crippen molar-refractivity contribution >= 4 is 0 Å². The van der Waals surface area contributed by atoms with Gasteiger partial charge in [0, 0.05) is 37.2 Å². The molecule has 1 saturated heterocycles. The van der Waals surface area contributed by atoms with Crippen LogP contribution in [0.3, 0.4) is 0 Å². The van der Waals surface area contributed by atoms with Crippen molar-refractivity contribution < 1.29 is 0 Å². The molecule has 1 atom stereocenters. The summed E-state index contributed by atoms with van der Waals surface area (Å²) in [5, 5.41) is 7.94.